The highest BCUT2D eigenvalue weighted by Gasteiger charge is 2.12. The lowest BCUT2D eigenvalue weighted by Crippen LogP contribution is -2.16. The molecule has 0 atom stereocenters. The smallest absolute Gasteiger partial charge is 0.254 e. The topological polar surface area (TPSA) is 83.7 Å². The first-order valence-corrected chi connectivity index (χ1v) is 9.41. The van der Waals surface area contributed by atoms with Crippen molar-refractivity contribution in [1.29, 1.82) is 5.26 Å². The van der Waals surface area contributed by atoms with Crippen LogP contribution in [-0.4, -0.2) is 19.2 Å². The van der Waals surface area contributed by atoms with Crippen molar-refractivity contribution in [2.75, 3.05) is 7.11 Å². The van der Waals surface area contributed by atoms with E-state index in [-0.39, 0.29) is 6.42 Å². The van der Waals surface area contributed by atoms with Gasteiger partial charge in [-0.3, -0.25) is 4.79 Å². The minimum Gasteiger partial charge on any atom is -0.493 e. The lowest BCUT2D eigenvalue weighted by atomic mass is 10.2. The Labute approximate surface area is 180 Å². The van der Waals surface area contributed by atoms with E-state index in [0.29, 0.717) is 33.7 Å². The molecule has 0 unspecified atom stereocenters. The van der Waals surface area contributed by atoms with Gasteiger partial charge in [0, 0.05) is 0 Å². The van der Waals surface area contributed by atoms with Gasteiger partial charge < -0.3 is 9.47 Å². The highest BCUT2D eigenvalue weighted by molar-refractivity contribution is 14.1. The van der Waals surface area contributed by atoms with Crippen molar-refractivity contribution in [2.45, 2.75) is 13.0 Å². The summed E-state index contributed by atoms with van der Waals surface area (Å²) >= 11 is 14.1. The van der Waals surface area contributed by atoms with Crippen molar-refractivity contribution in [2.24, 2.45) is 5.10 Å². The molecule has 2 aromatic rings. The molecule has 9 heteroatoms. The van der Waals surface area contributed by atoms with Gasteiger partial charge in [0.2, 0.25) is 0 Å². The third kappa shape index (κ3) is 6.27. The summed E-state index contributed by atoms with van der Waals surface area (Å²) in [4.78, 5) is 11.2. The molecule has 1 N–H and O–H groups in total. The maximum atomic E-state index is 11.2. The standard InChI is InChI=1S/C18H14Cl2IN3O3/c1-26-16-8-12(9-23-24-17(25)4-5-22)7-15(21)18(16)27-10-11-2-3-13(19)14(20)6-11/h2-3,6-9H,4,10H2,1H3,(H,24,25)/b23-9-. The van der Waals surface area contributed by atoms with E-state index in [9.17, 15) is 4.79 Å². The number of carbonyl (C=O) groups excluding carboxylic acids is 1. The lowest BCUT2D eigenvalue weighted by Gasteiger charge is -2.14. The fourth-order valence-electron chi connectivity index (χ4n) is 2.03. The number of amides is 1. The predicted octanol–water partition coefficient (Wildman–Crippen LogP) is 4.55. The Hall–Kier alpha value is -2.02. The summed E-state index contributed by atoms with van der Waals surface area (Å²) in [5.41, 5.74) is 3.84. The SMILES string of the molecule is COc1cc(/C=N\NC(=O)CC#N)cc(I)c1OCc1ccc(Cl)c(Cl)c1. The predicted molar refractivity (Wildman–Crippen MR) is 112 cm³/mol. The zero-order chi connectivity index (χ0) is 19.8. The van der Waals surface area contributed by atoms with Crippen molar-refractivity contribution in [3.63, 3.8) is 0 Å². The highest BCUT2D eigenvalue weighted by Crippen LogP contribution is 2.34. The van der Waals surface area contributed by atoms with Gasteiger partial charge >= 0.3 is 0 Å². The Morgan fingerprint density at radius 3 is 2.78 bits per heavy atom. The van der Waals surface area contributed by atoms with Crippen LogP contribution in [0.5, 0.6) is 11.5 Å². The summed E-state index contributed by atoms with van der Waals surface area (Å²) in [6.45, 7) is 0.293. The Balaban J connectivity index is 2.13. The number of methoxy groups -OCH3 is 1. The van der Waals surface area contributed by atoms with Crippen molar-refractivity contribution in [3.8, 4) is 17.6 Å². The average Bonchev–Trinajstić information content (AvgIpc) is 2.63. The summed E-state index contributed by atoms with van der Waals surface area (Å²) in [5.74, 6) is 0.624. The summed E-state index contributed by atoms with van der Waals surface area (Å²) in [6, 6.07) is 10.6. The quantitative estimate of drug-likeness (QED) is 0.332. The fourth-order valence-corrected chi connectivity index (χ4v) is 3.13. The number of benzene rings is 2. The van der Waals surface area contributed by atoms with Gasteiger partial charge in [-0.1, -0.05) is 29.3 Å². The second kappa shape index (κ2) is 10.3. The van der Waals surface area contributed by atoms with Gasteiger partial charge in [-0.25, -0.2) is 5.43 Å². The van der Waals surface area contributed by atoms with Crippen LogP contribution in [0.3, 0.4) is 0 Å². The van der Waals surface area contributed by atoms with E-state index in [2.05, 4.69) is 33.1 Å². The zero-order valence-corrected chi connectivity index (χ0v) is 17.8. The first-order valence-electron chi connectivity index (χ1n) is 7.57. The van der Waals surface area contributed by atoms with Crippen LogP contribution in [0.1, 0.15) is 17.5 Å². The molecule has 6 nitrogen and oxygen atoms in total. The molecule has 0 fully saturated rings. The van der Waals surface area contributed by atoms with Crippen molar-refractivity contribution >= 4 is 57.9 Å². The van der Waals surface area contributed by atoms with Crippen LogP contribution in [0, 0.1) is 14.9 Å². The molecule has 2 rings (SSSR count). The van der Waals surface area contributed by atoms with E-state index < -0.39 is 5.91 Å². The summed E-state index contributed by atoms with van der Waals surface area (Å²) in [5, 5.41) is 13.2. The van der Waals surface area contributed by atoms with Crippen molar-refractivity contribution in [3.05, 3.63) is 55.1 Å². The molecule has 140 valence electrons. The zero-order valence-electron chi connectivity index (χ0n) is 14.1. The van der Waals surface area contributed by atoms with Gasteiger partial charge in [-0.15, -0.1) is 0 Å². The molecule has 0 bridgehead atoms. The number of halogens is 3. The third-order valence-corrected chi connectivity index (χ3v) is 4.80. The van der Waals surface area contributed by atoms with Crippen LogP contribution in [0.25, 0.3) is 0 Å². The van der Waals surface area contributed by atoms with Crippen molar-refractivity contribution < 1.29 is 14.3 Å². The van der Waals surface area contributed by atoms with Crippen LogP contribution in [0.4, 0.5) is 0 Å². The van der Waals surface area contributed by atoms with Gasteiger partial charge in [0.25, 0.3) is 5.91 Å². The highest BCUT2D eigenvalue weighted by atomic mass is 127. The molecule has 0 aliphatic heterocycles. The van der Waals surface area contributed by atoms with E-state index in [4.69, 9.17) is 37.9 Å². The number of hydrazone groups is 1. The minimum absolute atomic E-state index is 0.250. The number of carbonyl (C=O) groups is 1. The Kier molecular flexibility index (Phi) is 8.16. The van der Waals surface area contributed by atoms with Crippen LogP contribution >= 0.6 is 45.8 Å². The summed E-state index contributed by atoms with van der Waals surface area (Å²) in [6.07, 6.45) is 1.21. The largest absolute Gasteiger partial charge is 0.493 e. The normalized spacial score (nSPS) is 10.5. The summed E-state index contributed by atoms with van der Waals surface area (Å²) < 4.78 is 12.1. The van der Waals surface area contributed by atoms with Gasteiger partial charge in [0.05, 0.1) is 33.0 Å². The summed E-state index contributed by atoms with van der Waals surface area (Å²) in [7, 11) is 1.53. The molecule has 0 aliphatic carbocycles. The molecule has 1 amide bonds. The number of hydrogen-bond donors (Lipinski definition) is 1. The molecule has 0 aliphatic rings. The van der Waals surface area contributed by atoms with Crippen LogP contribution < -0.4 is 14.9 Å². The number of hydrogen-bond acceptors (Lipinski definition) is 5. The number of nitrogens with one attached hydrogen (secondary N) is 1. The fraction of sp³-hybridized carbons (Fsp3) is 0.167. The van der Waals surface area contributed by atoms with Gasteiger partial charge in [-0.2, -0.15) is 10.4 Å². The second-order valence-electron chi connectivity index (χ2n) is 5.20. The maximum Gasteiger partial charge on any atom is 0.254 e. The van der Waals surface area contributed by atoms with E-state index >= 15 is 0 Å². The van der Waals surface area contributed by atoms with E-state index in [1.54, 1.807) is 24.3 Å². The molecule has 0 saturated carbocycles. The Morgan fingerprint density at radius 1 is 1.33 bits per heavy atom. The molecule has 0 heterocycles. The molecular formula is C18H14Cl2IN3O3. The van der Waals surface area contributed by atoms with Crippen molar-refractivity contribution in [1.82, 2.24) is 5.43 Å². The number of ether oxygens (including phenoxy) is 2. The molecule has 0 radical (unpaired) electrons. The van der Waals surface area contributed by atoms with Crippen LogP contribution in [0.2, 0.25) is 10.0 Å². The second-order valence-corrected chi connectivity index (χ2v) is 7.18. The first kappa shape index (κ1) is 21.3. The van der Waals surface area contributed by atoms with Gasteiger partial charge in [0.15, 0.2) is 11.5 Å². The molecule has 0 aromatic heterocycles. The maximum absolute atomic E-state index is 11.2. The van der Waals surface area contributed by atoms with E-state index in [1.807, 2.05) is 12.1 Å². The molecule has 2 aromatic carbocycles. The molecule has 0 saturated heterocycles. The lowest BCUT2D eigenvalue weighted by molar-refractivity contribution is -0.120. The van der Waals surface area contributed by atoms with E-state index in [0.717, 1.165) is 9.13 Å². The minimum atomic E-state index is -0.475. The molecule has 0 spiro atoms. The number of nitriles is 1. The van der Waals surface area contributed by atoms with Gasteiger partial charge in [-0.05, 0) is 58.0 Å². The molecular weight excluding hydrogens is 504 g/mol. The average molecular weight is 518 g/mol. The van der Waals surface area contributed by atoms with E-state index in [1.165, 1.54) is 13.3 Å². The first-order chi connectivity index (χ1) is 12.9. The van der Waals surface area contributed by atoms with Crippen LogP contribution in [-0.2, 0) is 11.4 Å². The number of nitrogens with zero attached hydrogens (tertiary/aromatic N) is 2. The van der Waals surface area contributed by atoms with Crippen LogP contribution in [0.15, 0.2) is 35.4 Å². The third-order valence-electron chi connectivity index (χ3n) is 3.26. The monoisotopic (exact) mass is 517 g/mol. The van der Waals surface area contributed by atoms with Gasteiger partial charge in [0.1, 0.15) is 13.0 Å². The Morgan fingerprint density at radius 2 is 2.11 bits per heavy atom. The number of rotatable bonds is 7. The molecule has 27 heavy (non-hydrogen) atoms. The Bertz CT molecular complexity index is 913.